The van der Waals surface area contributed by atoms with Crippen LogP contribution in [0.25, 0.3) is 16.9 Å². The summed E-state index contributed by atoms with van der Waals surface area (Å²) >= 11 is 0. The van der Waals surface area contributed by atoms with E-state index in [1.54, 1.807) is 4.52 Å². The third-order valence-electron chi connectivity index (χ3n) is 5.58. The fourth-order valence-corrected chi connectivity index (χ4v) is 3.66. The second-order valence-electron chi connectivity index (χ2n) is 9.34. The Hall–Kier alpha value is -3.47. The van der Waals surface area contributed by atoms with E-state index in [9.17, 15) is 4.79 Å². The van der Waals surface area contributed by atoms with Crippen molar-refractivity contribution in [2.75, 3.05) is 0 Å². The summed E-state index contributed by atoms with van der Waals surface area (Å²) in [5.41, 5.74) is 4.95. The molecule has 0 bridgehead atoms. The summed E-state index contributed by atoms with van der Waals surface area (Å²) in [5, 5.41) is 7.89. The average molecular weight is 427 g/mol. The summed E-state index contributed by atoms with van der Waals surface area (Å²) in [6, 6.07) is 24.1. The van der Waals surface area contributed by atoms with E-state index < -0.39 is 0 Å². The van der Waals surface area contributed by atoms with Crippen molar-refractivity contribution in [2.24, 2.45) is 0 Å². The highest BCUT2D eigenvalue weighted by Crippen LogP contribution is 2.25. The Morgan fingerprint density at radius 3 is 2.31 bits per heavy atom. The van der Waals surface area contributed by atoms with Crippen molar-refractivity contribution in [1.29, 1.82) is 0 Å². The Bertz CT molecular complexity index is 1210. The van der Waals surface area contributed by atoms with Crippen molar-refractivity contribution < 1.29 is 4.79 Å². The van der Waals surface area contributed by atoms with E-state index in [4.69, 9.17) is 10.1 Å². The zero-order valence-corrected chi connectivity index (χ0v) is 19.2. The molecule has 5 heteroatoms. The standard InChI is InChI=1S/C27H30N4O/c1-19(15-16-20-11-7-5-8-12-20)28-26(32)23-17-22(21-13-9-6-10-14-21)29-25-18-24(27(2,3)4)30-31(23)25/h5-14,17-19H,15-16H2,1-4H3,(H,28,32)/t19-/m0/s1. The van der Waals surface area contributed by atoms with Gasteiger partial charge in [-0.05, 0) is 31.4 Å². The molecular weight excluding hydrogens is 396 g/mol. The monoisotopic (exact) mass is 426 g/mol. The predicted molar refractivity (Wildman–Crippen MR) is 129 cm³/mol. The maximum Gasteiger partial charge on any atom is 0.270 e. The molecular formula is C27H30N4O. The van der Waals surface area contributed by atoms with Crippen LogP contribution >= 0.6 is 0 Å². The van der Waals surface area contributed by atoms with Gasteiger partial charge in [-0.2, -0.15) is 5.10 Å². The summed E-state index contributed by atoms with van der Waals surface area (Å²) < 4.78 is 1.67. The quantitative estimate of drug-likeness (QED) is 0.446. The lowest BCUT2D eigenvalue weighted by Crippen LogP contribution is -2.34. The van der Waals surface area contributed by atoms with Crippen LogP contribution in [-0.2, 0) is 11.8 Å². The molecule has 4 aromatic rings. The average Bonchev–Trinajstić information content (AvgIpc) is 3.23. The van der Waals surface area contributed by atoms with Gasteiger partial charge < -0.3 is 5.32 Å². The lowest BCUT2D eigenvalue weighted by molar-refractivity contribution is 0.0930. The van der Waals surface area contributed by atoms with Gasteiger partial charge in [-0.25, -0.2) is 9.50 Å². The number of nitrogens with one attached hydrogen (secondary N) is 1. The molecule has 0 saturated carbocycles. The number of amides is 1. The molecule has 2 aromatic heterocycles. The highest BCUT2D eigenvalue weighted by molar-refractivity contribution is 5.94. The van der Waals surface area contributed by atoms with Gasteiger partial charge in [0.15, 0.2) is 5.65 Å². The number of rotatable bonds is 6. The van der Waals surface area contributed by atoms with Crippen LogP contribution in [0.1, 0.15) is 55.9 Å². The molecule has 0 spiro atoms. The second kappa shape index (κ2) is 8.95. The number of nitrogens with zero attached hydrogens (tertiary/aromatic N) is 3. The molecule has 2 aromatic carbocycles. The van der Waals surface area contributed by atoms with Crippen molar-refractivity contribution in [3.8, 4) is 11.3 Å². The summed E-state index contributed by atoms with van der Waals surface area (Å²) in [5.74, 6) is -0.140. The lowest BCUT2D eigenvalue weighted by Gasteiger charge is -2.15. The van der Waals surface area contributed by atoms with Crippen LogP contribution in [0.2, 0.25) is 0 Å². The van der Waals surface area contributed by atoms with Gasteiger partial charge in [0.1, 0.15) is 5.69 Å². The largest absolute Gasteiger partial charge is 0.348 e. The molecule has 1 N–H and O–H groups in total. The maximum atomic E-state index is 13.3. The van der Waals surface area contributed by atoms with Crippen molar-refractivity contribution in [3.63, 3.8) is 0 Å². The molecule has 1 amide bonds. The number of fused-ring (bicyclic) bond motifs is 1. The summed E-state index contributed by atoms with van der Waals surface area (Å²) in [6.07, 6.45) is 1.78. The number of hydrogen-bond donors (Lipinski definition) is 1. The molecule has 2 heterocycles. The van der Waals surface area contributed by atoms with E-state index in [0.29, 0.717) is 11.3 Å². The molecule has 0 fully saturated rings. The second-order valence-corrected chi connectivity index (χ2v) is 9.34. The van der Waals surface area contributed by atoms with Gasteiger partial charge >= 0.3 is 0 Å². The van der Waals surface area contributed by atoms with E-state index in [1.807, 2.05) is 67.6 Å². The first-order chi connectivity index (χ1) is 15.3. The van der Waals surface area contributed by atoms with E-state index >= 15 is 0 Å². The molecule has 32 heavy (non-hydrogen) atoms. The van der Waals surface area contributed by atoms with Gasteiger partial charge in [-0.3, -0.25) is 4.79 Å². The molecule has 0 aliphatic rings. The summed E-state index contributed by atoms with van der Waals surface area (Å²) in [6.45, 7) is 8.37. The number of carbonyl (C=O) groups excluding carboxylic acids is 1. The fraction of sp³-hybridized carbons (Fsp3) is 0.296. The zero-order valence-electron chi connectivity index (χ0n) is 19.2. The Morgan fingerprint density at radius 2 is 1.66 bits per heavy atom. The van der Waals surface area contributed by atoms with Crippen LogP contribution < -0.4 is 5.32 Å². The topological polar surface area (TPSA) is 59.3 Å². The van der Waals surface area contributed by atoms with Crippen LogP contribution in [-0.4, -0.2) is 26.5 Å². The SMILES string of the molecule is C[C@@H](CCc1ccccc1)NC(=O)c1cc(-c2ccccc2)nc2cc(C(C)(C)C)nn12. The minimum Gasteiger partial charge on any atom is -0.348 e. The summed E-state index contributed by atoms with van der Waals surface area (Å²) in [4.78, 5) is 18.1. The van der Waals surface area contributed by atoms with Gasteiger partial charge in [-0.1, -0.05) is 81.4 Å². The lowest BCUT2D eigenvalue weighted by atomic mass is 9.93. The first-order valence-electron chi connectivity index (χ1n) is 11.1. The number of aryl methyl sites for hydroxylation is 1. The summed E-state index contributed by atoms with van der Waals surface area (Å²) in [7, 11) is 0. The van der Waals surface area contributed by atoms with Crippen LogP contribution in [0.4, 0.5) is 0 Å². The zero-order chi connectivity index (χ0) is 22.7. The first kappa shape index (κ1) is 21.8. The van der Waals surface area contributed by atoms with E-state index in [-0.39, 0.29) is 17.4 Å². The van der Waals surface area contributed by atoms with Crippen LogP contribution in [0, 0.1) is 0 Å². The normalized spacial score (nSPS) is 12.6. The van der Waals surface area contributed by atoms with Crippen LogP contribution in [0.3, 0.4) is 0 Å². The molecule has 1 atom stereocenters. The van der Waals surface area contributed by atoms with Gasteiger partial charge in [0.25, 0.3) is 5.91 Å². The molecule has 0 aliphatic heterocycles. The van der Waals surface area contributed by atoms with Crippen molar-refractivity contribution >= 4 is 11.6 Å². The number of aromatic nitrogens is 3. The molecule has 5 nitrogen and oxygen atoms in total. The smallest absolute Gasteiger partial charge is 0.270 e. The fourth-order valence-electron chi connectivity index (χ4n) is 3.66. The van der Waals surface area contributed by atoms with Crippen molar-refractivity contribution in [2.45, 2.75) is 52.0 Å². The molecule has 0 saturated heterocycles. The van der Waals surface area contributed by atoms with E-state index in [1.165, 1.54) is 5.56 Å². The van der Waals surface area contributed by atoms with Crippen molar-refractivity contribution in [3.05, 3.63) is 89.7 Å². The third-order valence-corrected chi connectivity index (χ3v) is 5.58. The molecule has 164 valence electrons. The highest BCUT2D eigenvalue weighted by atomic mass is 16.2. The predicted octanol–water partition coefficient (Wildman–Crippen LogP) is 5.44. The van der Waals surface area contributed by atoms with Crippen LogP contribution in [0.5, 0.6) is 0 Å². The Morgan fingerprint density at radius 1 is 1.00 bits per heavy atom. The number of benzene rings is 2. The minimum absolute atomic E-state index is 0.0312. The molecule has 0 unspecified atom stereocenters. The van der Waals surface area contributed by atoms with Crippen molar-refractivity contribution in [1.82, 2.24) is 19.9 Å². The van der Waals surface area contributed by atoms with E-state index in [2.05, 4.69) is 38.2 Å². The highest BCUT2D eigenvalue weighted by Gasteiger charge is 2.22. The Kier molecular flexibility index (Phi) is 6.08. The number of carbonyl (C=O) groups is 1. The first-order valence-corrected chi connectivity index (χ1v) is 11.1. The van der Waals surface area contributed by atoms with Gasteiger partial charge in [0.05, 0.1) is 11.4 Å². The molecule has 0 aliphatic carbocycles. The van der Waals surface area contributed by atoms with Gasteiger partial charge in [0, 0.05) is 23.1 Å². The maximum absolute atomic E-state index is 13.3. The van der Waals surface area contributed by atoms with Gasteiger partial charge in [0.2, 0.25) is 0 Å². The molecule has 0 radical (unpaired) electrons. The molecule has 4 rings (SSSR count). The Labute approximate surface area is 189 Å². The number of hydrogen-bond acceptors (Lipinski definition) is 3. The minimum atomic E-state index is -0.142. The third kappa shape index (κ3) is 4.88. The van der Waals surface area contributed by atoms with Gasteiger partial charge in [-0.15, -0.1) is 0 Å². The van der Waals surface area contributed by atoms with E-state index in [0.717, 1.165) is 29.8 Å². The van der Waals surface area contributed by atoms with Crippen LogP contribution in [0.15, 0.2) is 72.8 Å². The Balaban J connectivity index is 1.64.